The lowest BCUT2D eigenvalue weighted by Crippen LogP contribution is -3.00. The van der Waals surface area contributed by atoms with Crippen molar-refractivity contribution in [3.63, 3.8) is 0 Å². The molecule has 0 radical (unpaired) electrons. The molecule has 2 nitrogen and oxygen atoms in total. The molecule has 1 heterocycles. The fourth-order valence-corrected chi connectivity index (χ4v) is 3.59. The summed E-state index contributed by atoms with van der Waals surface area (Å²) in [4.78, 5) is 12.7. The van der Waals surface area contributed by atoms with Crippen LogP contribution >= 0.6 is 23.2 Å². The number of halogens is 3. The van der Waals surface area contributed by atoms with Gasteiger partial charge in [0.05, 0.1) is 0 Å². The highest BCUT2D eigenvalue weighted by atomic mass is 35.5. The second-order valence-electron chi connectivity index (χ2n) is 6.20. The topological polar surface area (TPSA) is 29.1 Å². The van der Waals surface area contributed by atoms with Gasteiger partial charge >= 0.3 is 0 Å². The first kappa shape index (κ1) is 19.3. The molecule has 1 aliphatic heterocycles. The van der Waals surface area contributed by atoms with Gasteiger partial charge in [0.25, 0.3) is 0 Å². The highest BCUT2D eigenvalue weighted by Crippen LogP contribution is 2.38. The largest absolute Gasteiger partial charge is 1.00 e. The van der Waals surface area contributed by atoms with Gasteiger partial charge in [-0.2, -0.15) is 0 Å². The Labute approximate surface area is 159 Å². The average molecular weight is 384 g/mol. The van der Waals surface area contributed by atoms with Gasteiger partial charge < -0.3 is 17.7 Å². The van der Waals surface area contributed by atoms with Crippen molar-refractivity contribution in [2.45, 2.75) is 25.9 Å². The van der Waals surface area contributed by atoms with E-state index in [1.54, 1.807) is 0 Å². The summed E-state index contributed by atoms with van der Waals surface area (Å²) in [5.74, 6) is 0.133. The van der Waals surface area contributed by atoms with Crippen LogP contribution < -0.4 is 17.7 Å². The normalized spacial score (nSPS) is 26.8. The summed E-state index contributed by atoms with van der Waals surface area (Å²) >= 11 is 12.0. The van der Waals surface area contributed by atoms with Crippen molar-refractivity contribution in [1.82, 2.24) is 5.32 Å². The van der Waals surface area contributed by atoms with Gasteiger partial charge in [-0.1, -0.05) is 61.3 Å². The fourth-order valence-electron chi connectivity index (χ4n) is 3.34. The van der Waals surface area contributed by atoms with Gasteiger partial charge in [-0.3, -0.25) is 4.79 Å². The van der Waals surface area contributed by atoms with E-state index in [-0.39, 0.29) is 42.1 Å². The molecule has 2 aromatic rings. The van der Waals surface area contributed by atoms with Crippen LogP contribution in [0.5, 0.6) is 0 Å². The molecule has 4 atom stereocenters. The van der Waals surface area contributed by atoms with Crippen LogP contribution in [-0.4, -0.2) is 5.78 Å². The minimum absolute atomic E-state index is 0. The maximum atomic E-state index is 12.7. The van der Waals surface area contributed by atoms with Crippen molar-refractivity contribution in [2.24, 2.45) is 11.8 Å². The highest BCUT2D eigenvalue weighted by Gasteiger charge is 2.40. The minimum Gasteiger partial charge on any atom is -1.00 e. The molecule has 0 bridgehead atoms. The minimum atomic E-state index is -0.0743. The highest BCUT2D eigenvalue weighted by molar-refractivity contribution is 6.30. The van der Waals surface area contributed by atoms with Crippen LogP contribution in [0.1, 0.15) is 37.1 Å². The summed E-state index contributed by atoms with van der Waals surface area (Å²) in [5, 5.41) is 5.05. The number of nitrogens with one attached hydrogen (secondary N) is 1. The molecule has 1 aliphatic rings. The van der Waals surface area contributed by atoms with Gasteiger partial charge in [0.1, 0.15) is 5.78 Å². The first-order valence-corrected chi connectivity index (χ1v) is 8.53. The Morgan fingerprint density at radius 2 is 1.08 bits per heavy atom. The Kier molecular flexibility index (Phi) is 6.33. The Hall–Kier alpha value is -1.06. The molecule has 5 heteroatoms. The molecule has 3 rings (SSSR count). The quantitative estimate of drug-likeness (QED) is 0.861. The zero-order valence-electron chi connectivity index (χ0n) is 13.5. The first-order chi connectivity index (χ1) is 11.0. The van der Waals surface area contributed by atoms with E-state index in [1.807, 2.05) is 62.4 Å². The van der Waals surface area contributed by atoms with Gasteiger partial charge in [0.15, 0.2) is 0 Å². The zero-order chi connectivity index (χ0) is 16.6. The van der Waals surface area contributed by atoms with Crippen molar-refractivity contribution >= 4 is 29.0 Å². The summed E-state index contributed by atoms with van der Waals surface area (Å²) in [7, 11) is 0. The summed E-state index contributed by atoms with van der Waals surface area (Å²) < 4.78 is 0. The number of rotatable bonds is 2. The lowest BCUT2D eigenvalue weighted by Gasteiger charge is -2.39. The molecule has 1 saturated heterocycles. The van der Waals surface area contributed by atoms with Crippen LogP contribution in [0.2, 0.25) is 10.0 Å². The summed E-state index contributed by atoms with van der Waals surface area (Å²) in [5.41, 5.74) is 2.17. The fraction of sp³-hybridized carbons (Fsp3) is 0.316. The number of ketones is 1. The van der Waals surface area contributed by atoms with Crippen LogP contribution in [0.3, 0.4) is 0 Å². The lowest BCUT2D eigenvalue weighted by molar-refractivity contribution is -0.130. The van der Waals surface area contributed by atoms with E-state index < -0.39 is 0 Å². The molecular weight excluding hydrogens is 365 g/mol. The monoisotopic (exact) mass is 382 g/mol. The molecule has 24 heavy (non-hydrogen) atoms. The number of carbonyl (C=O) groups is 1. The van der Waals surface area contributed by atoms with Crippen LogP contribution in [0.15, 0.2) is 48.5 Å². The van der Waals surface area contributed by atoms with Crippen LogP contribution in [-0.2, 0) is 4.79 Å². The van der Waals surface area contributed by atoms with Crippen LogP contribution in [0.4, 0.5) is 0 Å². The molecule has 0 saturated carbocycles. The van der Waals surface area contributed by atoms with E-state index in [4.69, 9.17) is 23.2 Å². The van der Waals surface area contributed by atoms with E-state index in [9.17, 15) is 4.79 Å². The van der Waals surface area contributed by atoms with Crippen molar-refractivity contribution in [3.05, 3.63) is 69.7 Å². The van der Waals surface area contributed by atoms with Gasteiger partial charge in [0, 0.05) is 34.0 Å². The summed E-state index contributed by atoms with van der Waals surface area (Å²) in [6.07, 6.45) is 0. The number of benzene rings is 2. The third-order valence-electron chi connectivity index (χ3n) is 4.71. The Bertz CT molecular complexity index is 640. The van der Waals surface area contributed by atoms with Gasteiger partial charge in [0.2, 0.25) is 0 Å². The number of carbonyl (C=O) groups excluding carboxylic acids is 1. The number of hydrogen-bond acceptors (Lipinski definition) is 2. The summed E-state index contributed by atoms with van der Waals surface area (Å²) in [6, 6.07) is 15.4. The van der Waals surface area contributed by atoms with Crippen molar-refractivity contribution in [3.8, 4) is 0 Å². The standard InChI is InChI=1S/C19H19Cl2NO.ClH/c1-11-17(13-3-7-15(20)8-4-13)22-18(12(2)19(11)23)14-5-9-16(21)10-6-14;/h3-12,17-18,22H,1-2H3;1H/p-1. The average Bonchev–Trinajstić information content (AvgIpc) is 2.55. The van der Waals surface area contributed by atoms with E-state index >= 15 is 0 Å². The molecule has 1 fully saturated rings. The van der Waals surface area contributed by atoms with Gasteiger partial charge in [-0.05, 0) is 35.4 Å². The van der Waals surface area contributed by atoms with E-state index in [0.29, 0.717) is 10.0 Å². The van der Waals surface area contributed by atoms with E-state index in [0.717, 1.165) is 11.1 Å². The molecule has 0 aromatic heterocycles. The summed E-state index contributed by atoms with van der Waals surface area (Å²) in [6.45, 7) is 3.98. The van der Waals surface area contributed by atoms with Crippen LogP contribution in [0.25, 0.3) is 0 Å². The third-order valence-corrected chi connectivity index (χ3v) is 5.22. The first-order valence-electron chi connectivity index (χ1n) is 7.78. The second-order valence-corrected chi connectivity index (χ2v) is 7.08. The molecule has 0 amide bonds. The number of Topliss-reactive ketones (excluding diaryl/α,β-unsaturated/α-hetero) is 1. The van der Waals surface area contributed by atoms with E-state index in [1.165, 1.54) is 0 Å². The van der Waals surface area contributed by atoms with Crippen molar-refractivity contribution in [2.75, 3.05) is 0 Å². The SMILES string of the molecule is CC1C(=O)C(C)C(c2ccc(Cl)cc2)NC1c1ccc(Cl)cc1.[Cl-]. The predicted molar refractivity (Wildman–Crippen MR) is 94.9 cm³/mol. The Balaban J connectivity index is 0.00000208. The van der Waals surface area contributed by atoms with E-state index in [2.05, 4.69) is 5.32 Å². The maximum absolute atomic E-state index is 12.7. The van der Waals surface area contributed by atoms with Crippen LogP contribution in [0, 0.1) is 11.8 Å². The number of piperidine rings is 1. The van der Waals surface area contributed by atoms with Crippen molar-refractivity contribution in [1.29, 1.82) is 0 Å². The zero-order valence-corrected chi connectivity index (χ0v) is 15.7. The predicted octanol–water partition coefficient (Wildman–Crippen LogP) is 2.22. The smallest absolute Gasteiger partial charge is 0.142 e. The third kappa shape index (κ3) is 3.78. The Morgan fingerprint density at radius 3 is 1.42 bits per heavy atom. The molecule has 128 valence electrons. The molecule has 0 aliphatic carbocycles. The lowest BCUT2D eigenvalue weighted by atomic mass is 9.76. The number of hydrogen-bond donors (Lipinski definition) is 1. The molecular formula is C19H19Cl3NO-. The van der Waals surface area contributed by atoms with Crippen molar-refractivity contribution < 1.29 is 17.2 Å². The molecule has 1 N–H and O–H groups in total. The Morgan fingerprint density at radius 1 is 0.750 bits per heavy atom. The molecule has 4 unspecified atom stereocenters. The molecule has 2 aromatic carbocycles. The second kappa shape index (κ2) is 7.88. The molecule has 0 spiro atoms. The van der Waals surface area contributed by atoms with Gasteiger partial charge in [-0.25, -0.2) is 0 Å². The van der Waals surface area contributed by atoms with Gasteiger partial charge in [-0.15, -0.1) is 0 Å². The maximum Gasteiger partial charge on any atom is 0.142 e.